The molecular formula is C15H9Cl3N2O. The van der Waals surface area contributed by atoms with Gasteiger partial charge < -0.3 is 10.5 Å². The molecule has 0 saturated carbocycles. The Bertz CT molecular complexity index is 837. The summed E-state index contributed by atoms with van der Waals surface area (Å²) >= 11 is 17.9. The number of hydrogen-bond donors (Lipinski definition) is 1. The summed E-state index contributed by atoms with van der Waals surface area (Å²) in [5.41, 5.74) is 7.19. The SMILES string of the molecule is Nc1ccc2nc(Oc3cc(Cl)c(Cl)cc3Cl)ccc2c1. The molecule has 6 heteroatoms. The van der Waals surface area contributed by atoms with Crippen molar-refractivity contribution in [3.63, 3.8) is 0 Å². The van der Waals surface area contributed by atoms with Gasteiger partial charge in [-0.15, -0.1) is 0 Å². The number of pyridine rings is 1. The van der Waals surface area contributed by atoms with Gasteiger partial charge in [0.25, 0.3) is 0 Å². The average molecular weight is 340 g/mol. The fourth-order valence-corrected chi connectivity index (χ4v) is 2.45. The molecule has 2 aromatic carbocycles. The Labute approximate surface area is 136 Å². The monoisotopic (exact) mass is 338 g/mol. The predicted molar refractivity (Wildman–Crippen MR) is 87.7 cm³/mol. The Balaban J connectivity index is 1.98. The van der Waals surface area contributed by atoms with E-state index in [1.807, 2.05) is 18.2 Å². The van der Waals surface area contributed by atoms with Gasteiger partial charge in [0.2, 0.25) is 5.88 Å². The number of hydrogen-bond acceptors (Lipinski definition) is 3. The van der Waals surface area contributed by atoms with E-state index in [1.54, 1.807) is 18.2 Å². The van der Waals surface area contributed by atoms with E-state index in [4.69, 9.17) is 45.3 Å². The van der Waals surface area contributed by atoms with Crippen molar-refractivity contribution in [2.24, 2.45) is 0 Å². The van der Waals surface area contributed by atoms with Crippen LogP contribution in [0.4, 0.5) is 5.69 Å². The highest BCUT2D eigenvalue weighted by Crippen LogP contribution is 2.36. The molecule has 3 rings (SSSR count). The van der Waals surface area contributed by atoms with Gasteiger partial charge >= 0.3 is 0 Å². The molecule has 0 fully saturated rings. The van der Waals surface area contributed by atoms with Crippen molar-refractivity contribution in [1.29, 1.82) is 0 Å². The fraction of sp³-hybridized carbons (Fsp3) is 0. The van der Waals surface area contributed by atoms with E-state index < -0.39 is 0 Å². The molecule has 3 nitrogen and oxygen atoms in total. The third-order valence-corrected chi connectivity index (χ3v) is 3.89. The molecule has 1 aromatic heterocycles. The normalized spacial score (nSPS) is 10.8. The van der Waals surface area contributed by atoms with Crippen molar-refractivity contribution in [2.45, 2.75) is 0 Å². The van der Waals surface area contributed by atoms with Crippen molar-refractivity contribution in [1.82, 2.24) is 4.98 Å². The lowest BCUT2D eigenvalue weighted by atomic mass is 10.2. The maximum Gasteiger partial charge on any atom is 0.219 e. The molecule has 0 unspecified atom stereocenters. The van der Waals surface area contributed by atoms with E-state index in [-0.39, 0.29) is 0 Å². The van der Waals surface area contributed by atoms with Gasteiger partial charge in [-0.1, -0.05) is 34.8 Å². The molecule has 2 N–H and O–H groups in total. The minimum Gasteiger partial charge on any atom is -0.437 e. The summed E-state index contributed by atoms with van der Waals surface area (Å²) in [5.74, 6) is 0.806. The molecular weight excluding hydrogens is 331 g/mol. The third-order valence-electron chi connectivity index (χ3n) is 2.88. The number of halogens is 3. The van der Waals surface area contributed by atoms with Crippen molar-refractivity contribution < 1.29 is 4.74 Å². The first-order valence-corrected chi connectivity index (χ1v) is 7.15. The Hall–Kier alpha value is -1.68. The zero-order valence-electron chi connectivity index (χ0n) is 10.6. The number of nitrogens with zero attached hydrogens (tertiary/aromatic N) is 1. The van der Waals surface area contributed by atoms with Crippen LogP contribution in [0.15, 0.2) is 42.5 Å². The van der Waals surface area contributed by atoms with Gasteiger partial charge in [-0.3, -0.25) is 0 Å². The van der Waals surface area contributed by atoms with Crippen LogP contribution in [0, 0.1) is 0 Å². The van der Waals surface area contributed by atoms with E-state index in [9.17, 15) is 0 Å². The summed E-state index contributed by atoms with van der Waals surface area (Å²) in [7, 11) is 0. The van der Waals surface area contributed by atoms with E-state index >= 15 is 0 Å². The van der Waals surface area contributed by atoms with E-state index in [0.29, 0.717) is 32.4 Å². The van der Waals surface area contributed by atoms with Crippen LogP contribution in [-0.2, 0) is 0 Å². The highest BCUT2D eigenvalue weighted by atomic mass is 35.5. The average Bonchev–Trinajstić information content (AvgIpc) is 2.45. The molecule has 0 aliphatic carbocycles. The van der Waals surface area contributed by atoms with E-state index in [0.717, 1.165) is 10.9 Å². The first kappa shape index (κ1) is 14.3. The van der Waals surface area contributed by atoms with E-state index in [1.165, 1.54) is 6.07 Å². The van der Waals surface area contributed by atoms with Gasteiger partial charge in [-0.05, 0) is 30.3 Å². The molecule has 0 atom stereocenters. The van der Waals surface area contributed by atoms with Crippen LogP contribution in [0.25, 0.3) is 10.9 Å². The van der Waals surface area contributed by atoms with Crippen LogP contribution < -0.4 is 10.5 Å². The lowest BCUT2D eigenvalue weighted by molar-refractivity contribution is 0.465. The number of rotatable bonds is 2. The largest absolute Gasteiger partial charge is 0.437 e. The molecule has 21 heavy (non-hydrogen) atoms. The van der Waals surface area contributed by atoms with Crippen molar-refractivity contribution >= 4 is 51.4 Å². The molecule has 0 spiro atoms. The Morgan fingerprint density at radius 2 is 1.62 bits per heavy atom. The molecule has 0 radical (unpaired) electrons. The van der Waals surface area contributed by atoms with Gasteiger partial charge in [-0.25, -0.2) is 4.98 Å². The van der Waals surface area contributed by atoms with Gasteiger partial charge in [0, 0.05) is 23.2 Å². The maximum absolute atomic E-state index is 6.08. The summed E-state index contributed by atoms with van der Waals surface area (Å²) in [6.45, 7) is 0. The minimum atomic E-state index is 0.364. The van der Waals surface area contributed by atoms with Crippen molar-refractivity contribution in [2.75, 3.05) is 5.73 Å². The second-order valence-electron chi connectivity index (χ2n) is 4.40. The predicted octanol–water partition coefficient (Wildman–Crippen LogP) is 5.57. The molecule has 1 heterocycles. The number of nitrogens with two attached hydrogens (primary N) is 1. The summed E-state index contributed by atoms with van der Waals surface area (Å²) < 4.78 is 5.67. The van der Waals surface area contributed by atoms with Gasteiger partial charge in [0.05, 0.1) is 20.6 Å². The maximum atomic E-state index is 6.08. The summed E-state index contributed by atoms with van der Waals surface area (Å²) in [4.78, 5) is 4.39. The number of anilines is 1. The Kier molecular flexibility index (Phi) is 3.81. The Morgan fingerprint density at radius 1 is 0.857 bits per heavy atom. The zero-order valence-corrected chi connectivity index (χ0v) is 12.9. The highest BCUT2D eigenvalue weighted by molar-refractivity contribution is 6.43. The van der Waals surface area contributed by atoms with Gasteiger partial charge in [-0.2, -0.15) is 0 Å². The molecule has 0 bridgehead atoms. The lowest BCUT2D eigenvalue weighted by Crippen LogP contribution is -1.91. The second kappa shape index (κ2) is 5.60. The zero-order chi connectivity index (χ0) is 15.0. The number of fused-ring (bicyclic) bond motifs is 1. The lowest BCUT2D eigenvalue weighted by Gasteiger charge is -2.09. The second-order valence-corrected chi connectivity index (χ2v) is 5.62. The fourth-order valence-electron chi connectivity index (χ4n) is 1.88. The van der Waals surface area contributed by atoms with Crippen LogP contribution in [-0.4, -0.2) is 4.98 Å². The smallest absolute Gasteiger partial charge is 0.219 e. The quantitative estimate of drug-likeness (QED) is 0.490. The first-order chi connectivity index (χ1) is 10.0. The molecule has 0 aliphatic rings. The van der Waals surface area contributed by atoms with Crippen LogP contribution in [0.1, 0.15) is 0 Å². The summed E-state index contributed by atoms with van der Waals surface area (Å²) in [5, 5.41) is 2.03. The summed E-state index contributed by atoms with van der Waals surface area (Å²) in [6, 6.07) is 12.2. The number of ether oxygens (including phenoxy) is 1. The van der Waals surface area contributed by atoms with Crippen LogP contribution in [0.2, 0.25) is 15.1 Å². The highest BCUT2D eigenvalue weighted by Gasteiger charge is 2.09. The number of benzene rings is 2. The topological polar surface area (TPSA) is 48.1 Å². The number of aromatic nitrogens is 1. The Morgan fingerprint density at radius 3 is 2.43 bits per heavy atom. The van der Waals surface area contributed by atoms with Crippen LogP contribution in [0.3, 0.4) is 0 Å². The third kappa shape index (κ3) is 3.00. The van der Waals surface area contributed by atoms with Gasteiger partial charge in [0.15, 0.2) is 0 Å². The number of nitrogen functional groups attached to an aromatic ring is 1. The standard InChI is InChI=1S/C15H9Cl3N2O/c16-10-6-12(18)14(7-11(10)17)21-15-4-1-8-5-9(19)2-3-13(8)20-15/h1-7H,19H2. The molecule has 0 amide bonds. The molecule has 0 saturated heterocycles. The molecule has 106 valence electrons. The van der Waals surface area contributed by atoms with Crippen molar-refractivity contribution in [3.8, 4) is 11.6 Å². The van der Waals surface area contributed by atoms with Crippen LogP contribution in [0.5, 0.6) is 11.6 Å². The summed E-state index contributed by atoms with van der Waals surface area (Å²) in [6.07, 6.45) is 0. The van der Waals surface area contributed by atoms with Crippen molar-refractivity contribution in [3.05, 3.63) is 57.5 Å². The molecule has 0 aliphatic heterocycles. The minimum absolute atomic E-state index is 0.364. The van der Waals surface area contributed by atoms with E-state index in [2.05, 4.69) is 4.98 Å². The van der Waals surface area contributed by atoms with Gasteiger partial charge in [0.1, 0.15) is 5.75 Å². The van der Waals surface area contributed by atoms with Crippen LogP contribution >= 0.6 is 34.8 Å². The first-order valence-electron chi connectivity index (χ1n) is 6.01. The molecule has 3 aromatic rings.